The van der Waals surface area contributed by atoms with Crippen molar-refractivity contribution < 1.29 is 9.23 Å². The molecule has 1 atom stereocenters. The van der Waals surface area contributed by atoms with Gasteiger partial charge in [-0.05, 0) is 86.6 Å². The zero-order chi connectivity index (χ0) is 27.8. The molecule has 40 heavy (non-hydrogen) atoms. The van der Waals surface area contributed by atoms with Crippen LogP contribution in [-0.2, 0) is 11.4 Å². The molecule has 5 rings (SSSR count). The molecule has 1 aromatic rings. The summed E-state index contributed by atoms with van der Waals surface area (Å²) < 4.78 is 15.4. The molecule has 0 radical (unpaired) electrons. The maximum absolute atomic E-state index is 15.4. The molecule has 7 nitrogen and oxygen atoms in total. The van der Waals surface area contributed by atoms with Crippen LogP contribution < -0.4 is 11.2 Å². The van der Waals surface area contributed by atoms with Crippen molar-refractivity contribution in [2.75, 3.05) is 45.2 Å². The summed E-state index contributed by atoms with van der Waals surface area (Å²) in [6, 6.07) is 4.40. The Kier molecular flexibility index (Phi) is 10.3. The number of nitrogen functional groups attached to an aromatic ring is 1. The van der Waals surface area contributed by atoms with E-state index in [1.807, 2.05) is 12.1 Å². The van der Waals surface area contributed by atoms with Crippen LogP contribution in [0.2, 0.25) is 0 Å². The van der Waals surface area contributed by atoms with Crippen LogP contribution in [0.3, 0.4) is 0 Å². The van der Waals surface area contributed by atoms with E-state index in [1.165, 1.54) is 44.2 Å². The van der Waals surface area contributed by atoms with E-state index < -0.39 is 5.79 Å². The minimum absolute atomic E-state index is 0.405. The third kappa shape index (κ3) is 8.15. The topological polar surface area (TPSA) is 69.9 Å². The van der Waals surface area contributed by atoms with Crippen LogP contribution in [0.1, 0.15) is 76.7 Å². The summed E-state index contributed by atoms with van der Waals surface area (Å²) in [5.41, 5.74) is 12.9. The second-order valence-electron chi connectivity index (χ2n) is 12.3. The molecule has 2 fully saturated rings. The van der Waals surface area contributed by atoms with Crippen LogP contribution in [-0.4, -0.2) is 71.0 Å². The molecule has 8 heteroatoms. The van der Waals surface area contributed by atoms with Gasteiger partial charge in [0.25, 0.3) is 0 Å². The molecule has 0 aromatic carbocycles. The van der Waals surface area contributed by atoms with Crippen LogP contribution in [0.25, 0.3) is 0 Å². The molecule has 3 aliphatic heterocycles. The van der Waals surface area contributed by atoms with E-state index in [0.717, 1.165) is 44.6 Å². The van der Waals surface area contributed by atoms with E-state index in [4.69, 9.17) is 10.6 Å². The zero-order valence-electron chi connectivity index (χ0n) is 24.4. The number of hydrogen-bond donors (Lipinski definition) is 2. The highest BCUT2D eigenvalue weighted by molar-refractivity contribution is 5.32. The summed E-state index contributed by atoms with van der Waals surface area (Å²) in [6.45, 7) is 7.92. The molecule has 0 amide bonds. The SMILES string of the molecule is CC1/C=C\CCCCC2=C(C=CCC2)N(C2CCN(CONC3(F)CCN(Cc4ccnc(N)c4)CC3)CC2)C1. The van der Waals surface area contributed by atoms with Gasteiger partial charge >= 0.3 is 0 Å². The fourth-order valence-corrected chi connectivity index (χ4v) is 6.63. The molecule has 0 spiro atoms. The van der Waals surface area contributed by atoms with E-state index >= 15 is 4.39 Å². The fraction of sp³-hybridized carbons (Fsp3) is 0.656. The first-order valence-corrected chi connectivity index (χ1v) is 15.5. The van der Waals surface area contributed by atoms with Gasteiger partial charge in [-0.25, -0.2) is 9.37 Å². The van der Waals surface area contributed by atoms with Crippen LogP contribution in [0.15, 0.2) is 53.9 Å². The number of anilines is 1. The highest BCUT2D eigenvalue weighted by Gasteiger charge is 2.35. The Morgan fingerprint density at radius 2 is 1.90 bits per heavy atom. The molecule has 220 valence electrons. The zero-order valence-corrected chi connectivity index (χ0v) is 24.4. The number of likely N-dealkylation sites (tertiary alicyclic amines) is 2. The van der Waals surface area contributed by atoms with E-state index in [0.29, 0.717) is 50.4 Å². The molecule has 1 unspecified atom stereocenters. The van der Waals surface area contributed by atoms with Crippen molar-refractivity contribution in [1.29, 1.82) is 0 Å². The smallest absolute Gasteiger partial charge is 0.185 e. The van der Waals surface area contributed by atoms with E-state index in [1.54, 1.807) is 11.8 Å². The average Bonchev–Trinajstić information content (AvgIpc) is 2.99. The minimum Gasteiger partial charge on any atom is -0.384 e. The number of pyridine rings is 1. The first-order chi connectivity index (χ1) is 19.5. The van der Waals surface area contributed by atoms with Gasteiger partial charge in [-0.15, -0.1) is 0 Å². The summed E-state index contributed by atoms with van der Waals surface area (Å²) >= 11 is 0. The Bertz CT molecular complexity index is 1040. The predicted octanol–water partition coefficient (Wildman–Crippen LogP) is 5.54. The van der Waals surface area contributed by atoms with Crippen molar-refractivity contribution in [3.63, 3.8) is 0 Å². The number of piperidine rings is 2. The summed E-state index contributed by atoms with van der Waals surface area (Å²) in [4.78, 5) is 17.1. The normalized spacial score (nSPS) is 26.4. The minimum atomic E-state index is -1.48. The third-order valence-electron chi connectivity index (χ3n) is 9.01. The van der Waals surface area contributed by atoms with Crippen molar-refractivity contribution >= 4 is 5.82 Å². The maximum Gasteiger partial charge on any atom is 0.185 e. The Morgan fingerprint density at radius 1 is 1.07 bits per heavy atom. The second kappa shape index (κ2) is 14.1. The molecular formula is C32H49FN6O. The number of hydroxylamine groups is 1. The average molecular weight is 553 g/mol. The molecule has 0 bridgehead atoms. The van der Waals surface area contributed by atoms with Gasteiger partial charge in [-0.3, -0.25) is 14.6 Å². The van der Waals surface area contributed by atoms with Crippen molar-refractivity contribution in [3.05, 3.63) is 59.5 Å². The maximum atomic E-state index is 15.4. The first kappa shape index (κ1) is 29.2. The van der Waals surface area contributed by atoms with Crippen LogP contribution in [0.5, 0.6) is 0 Å². The van der Waals surface area contributed by atoms with Crippen molar-refractivity contribution in [1.82, 2.24) is 25.2 Å². The van der Waals surface area contributed by atoms with Gasteiger partial charge in [0.1, 0.15) is 12.5 Å². The third-order valence-corrected chi connectivity index (χ3v) is 9.01. The molecule has 4 heterocycles. The largest absolute Gasteiger partial charge is 0.384 e. The highest BCUT2D eigenvalue weighted by atomic mass is 19.1. The monoisotopic (exact) mass is 552 g/mol. The predicted molar refractivity (Wildman–Crippen MR) is 160 cm³/mol. The number of halogens is 1. The number of nitrogens with zero attached hydrogens (tertiary/aromatic N) is 4. The molecule has 4 aliphatic rings. The summed E-state index contributed by atoms with van der Waals surface area (Å²) in [5.74, 6) is -0.411. The lowest BCUT2D eigenvalue weighted by atomic mass is 9.93. The van der Waals surface area contributed by atoms with E-state index in [9.17, 15) is 0 Å². The molecule has 0 saturated carbocycles. The molecular weight excluding hydrogens is 503 g/mol. The van der Waals surface area contributed by atoms with Crippen molar-refractivity contribution in [2.45, 2.75) is 89.5 Å². The van der Waals surface area contributed by atoms with Crippen LogP contribution in [0, 0.1) is 5.92 Å². The lowest BCUT2D eigenvalue weighted by molar-refractivity contribution is -0.139. The lowest BCUT2D eigenvalue weighted by Crippen LogP contribution is -2.52. The number of alkyl halides is 1. The number of nitrogens with one attached hydrogen (secondary N) is 1. The van der Waals surface area contributed by atoms with Gasteiger partial charge < -0.3 is 10.6 Å². The number of allylic oxidation sites excluding steroid dienone is 4. The van der Waals surface area contributed by atoms with Crippen LogP contribution >= 0.6 is 0 Å². The quantitative estimate of drug-likeness (QED) is 0.261. The highest BCUT2D eigenvalue weighted by Crippen LogP contribution is 2.32. The fourth-order valence-electron chi connectivity index (χ4n) is 6.63. The standard InChI is InChI=1S/C32H49FN6O/c1-26-8-4-2-3-5-9-28-10-6-7-11-30(28)39(23-26)29-13-18-38(19-14-29)25-40-36-32(33)15-20-37(21-16-32)24-27-12-17-35-31(34)22-27/h4,7-8,11-12,17,22,26,29,36H,2-3,5-6,9-10,13-16,18-21,23-25H2,1H3,(H2,34,35)/b8-4-. The van der Waals surface area contributed by atoms with Gasteiger partial charge in [0, 0.05) is 70.0 Å². The molecule has 3 N–H and O–H groups in total. The molecule has 1 aliphatic carbocycles. The first-order valence-electron chi connectivity index (χ1n) is 15.5. The molecule has 2 saturated heterocycles. The van der Waals surface area contributed by atoms with Gasteiger partial charge in [0.15, 0.2) is 5.79 Å². The molecule has 1 aromatic heterocycles. The van der Waals surface area contributed by atoms with E-state index in [2.05, 4.69) is 56.4 Å². The Hall–Kier alpha value is -2.26. The van der Waals surface area contributed by atoms with Gasteiger partial charge in [0.2, 0.25) is 0 Å². The summed E-state index contributed by atoms with van der Waals surface area (Å²) in [5, 5.41) is 0. The second-order valence-corrected chi connectivity index (χ2v) is 12.3. The number of nitrogens with two attached hydrogens (primary N) is 1. The Morgan fingerprint density at radius 3 is 2.70 bits per heavy atom. The van der Waals surface area contributed by atoms with Gasteiger partial charge in [-0.1, -0.05) is 25.2 Å². The van der Waals surface area contributed by atoms with Gasteiger partial charge in [-0.2, -0.15) is 5.48 Å². The van der Waals surface area contributed by atoms with Crippen molar-refractivity contribution in [3.8, 4) is 0 Å². The number of rotatable bonds is 7. The van der Waals surface area contributed by atoms with Crippen LogP contribution in [0.4, 0.5) is 10.2 Å². The Balaban J connectivity index is 1.08. The Labute approximate surface area is 240 Å². The van der Waals surface area contributed by atoms with Gasteiger partial charge in [0.05, 0.1) is 0 Å². The van der Waals surface area contributed by atoms with E-state index in [-0.39, 0.29) is 0 Å². The summed E-state index contributed by atoms with van der Waals surface area (Å²) in [7, 11) is 0. The number of aromatic nitrogens is 1. The summed E-state index contributed by atoms with van der Waals surface area (Å²) in [6.07, 6.45) is 21.8. The number of hydrogen-bond acceptors (Lipinski definition) is 7. The lowest BCUT2D eigenvalue weighted by Gasteiger charge is -2.42. The van der Waals surface area contributed by atoms with Crippen molar-refractivity contribution in [2.24, 2.45) is 5.92 Å².